The van der Waals surface area contributed by atoms with Crippen molar-refractivity contribution in [2.45, 2.75) is 51.0 Å². The summed E-state index contributed by atoms with van der Waals surface area (Å²) < 4.78 is 0. The molecule has 1 saturated carbocycles. The van der Waals surface area contributed by atoms with Crippen molar-refractivity contribution in [2.75, 3.05) is 11.9 Å². The number of urea groups is 1. The number of hydrogen-bond acceptors (Lipinski definition) is 3. The summed E-state index contributed by atoms with van der Waals surface area (Å²) in [5.41, 5.74) is 0.794. The highest BCUT2D eigenvalue weighted by Gasteiger charge is 2.50. The first-order valence-electron chi connectivity index (χ1n) is 8.61. The van der Waals surface area contributed by atoms with Crippen LogP contribution >= 0.6 is 11.6 Å². The fraction of sp³-hybridized carbons (Fsp3) is 0.500. The minimum atomic E-state index is -0.741. The van der Waals surface area contributed by atoms with Crippen LogP contribution in [-0.2, 0) is 9.59 Å². The van der Waals surface area contributed by atoms with Crippen molar-refractivity contribution < 1.29 is 14.4 Å². The normalized spacial score (nSPS) is 19.2. The lowest BCUT2D eigenvalue weighted by molar-refractivity contribution is -0.132. The van der Waals surface area contributed by atoms with Crippen LogP contribution in [0, 0.1) is 6.92 Å². The maximum atomic E-state index is 12.7. The van der Waals surface area contributed by atoms with E-state index in [1.165, 1.54) is 4.90 Å². The summed E-state index contributed by atoms with van der Waals surface area (Å²) in [6.45, 7) is 1.95. The first-order chi connectivity index (χ1) is 11.9. The number of carbonyl (C=O) groups excluding carboxylic acids is 3. The van der Waals surface area contributed by atoms with Crippen molar-refractivity contribution >= 4 is 35.1 Å². The molecule has 1 heterocycles. The number of nitrogens with one attached hydrogen (secondary N) is 2. The Morgan fingerprint density at radius 3 is 2.72 bits per heavy atom. The molecule has 1 aromatic rings. The predicted molar refractivity (Wildman–Crippen MR) is 95.5 cm³/mol. The Labute approximate surface area is 151 Å². The lowest BCUT2D eigenvalue weighted by atomic mass is 9.82. The van der Waals surface area contributed by atoms with E-state index in [0.29, 0.717) is 23.6 Å². The molecule has 0 unspecified atom stereocenters. The lowest BCUT2D eigenvalue weighted by Gasteiger charge is -2.30. The zero-order valence-corrected chi connectivity index (χ0v) is 15.0. The van der Waals surface area contributed by atoms with Crippen molar-refractivity contribution in [1.82, 2.24) is 10.2 Å². The minimum Gasteiger partial charge on any atom is -0.326 e. The predicted octanol–water partition coefficient (Wildman–Crippen LogP) is 3.23. The van der Waals surface area contributed by atoms with E-state index in [1.54, 1.807) is 12.1 Å². The van der Waals surface area contributed by atoms with Crippen LogP contribution in [0.2, 0.25) is 5.02 Å². The molecule has 25 heavy (non-hydrogen) atoms. The van der Waals surface area contributed by atoms with E-state index in [4.69, 9.17) is 11.6 Å². The van der Waals surface area contributed by atoms with Gasteiger partial charge in [0, 0.05) is 23.7 Å². The Kier molecular flexibility index (Phi) is 4.99. The SMILES string of the molecule is Cc1ccc(Cl)cc1NC(=O)CCN1C(=O)NC2(CCCCC2)C1=O. The Morgan fingerprint density at radius 1 is 1.28 bits per heavy atom. The third kappa shape index (κ3) is 3.63. The molecule has 3 rings (SSSR count). The molecule has 2 fully saturated rings. The Bertz CT molecular complexity index is 714. The number of imide groups is 1. The van der Waals surface area contributed by atoms with Gasteiger partial charge in [-0.15, -0.1) is 0 Å². The molecule has 1 aromatic carbocycles. The average Bonchev–Trinajstić information content (AvgIpc) is 2.80. The van der Waals surface area contributed by atoms with Gasteiger partial charge in [-0.1, -0.05) is 36.9 Å². The van der Waals surface area contributed by atoms with Crippen molar-refractivity contribution in [2.24, 2.45) is 0 Å². The molecule has 134 valence electrons. The highest BCUT2D eigenvalue weighted by Crippen LogP contribution is 2.33. The Balaban J connectivity index is 1.59. The average molecular weight is 364 g/mol. The van der Waals surface area contributed by atoms with Crippen LogP contribution in [0.15, 0.2) is 18.2 Å². The quantitative estimate of drug-likeness (QED) is 0.806. The summed E-state index contributed by atoms with van der Waals surface area (Å²) in [6, 6.07) is 4.86. The fourth-order valence-electron chi connectivity index (χ4n) is 3.53. The number of hydrogen-bond donors (Lipinski definition) is 2. The number of carbonyl (C=O) groups is 3. The van der Waals surface area contributed by atoms with E-state index in [-0.39, 0.29) is 24.8 Å². The number of anilines is 1. The van der Waals surface area contributed by atoms with Crippen LogP contribution in [0.25, 0.3) is 0 Å². The molecule has 7 heteroatoms. The Morgan fingerprint density at radius 2 is 2.00 bits per heavy atom. The van der Waals surface area contributed by atoms with Gasteiger partial charge in [0.25, 0.3) is 5.91 Å². The van der Waals surface area contributed by atoms with E-state index >= 15 is 0 Å². The van der Waals surface area contributed by atoms with Gasteiger partial charge >= 0.3 is 6.03 Å². The van der Waals surface area contributed by atoms with Gasteiger partial charge in [-0.25, -0.2) is 4.79 Å². The van der Waals surface area contributed by atoms with Crippen LogP contribution in [0.1, 0.15) is 44.1 Å². The summed E-state index contributed by atoms with van der Waals surface area (Å²) in [5, 5.41) is 6.17. The molecule has 0 bridgehead atoms. The number of benzene rings is 1. The maximum Gasteiger partial charge on any atom is 0.325 e. The number of halogens is 1. The second-order valence-electron chi connectivity index (χ2n) is 6.79. The molecule has 2 N–H and O–H groups in total. The van der Waals surface area contributed by atoms with Crippen molar-refractivity contribution in [3.05, 3.63) is 28.8 Å². The van der Waals surface area contributed by atoms with E-state index in [1.807, 2.05) is 13.0 Å². The number of amides is 4. The van der Waals surface area contributed by atoms with Gasteiger partial charge in [0.2, 0.25) is 5.91 Å². The zero-order chi connectivity index (χ0) is 18.0. The van der Waals surface area contributed by atoms with E-state index in [9.17, 15) is 14.4 Å². The zero-order valence-electron chi connectivity index (χ0n) is 14.2. The van der Waals surface area contributed by atoms with E-state index < -0.39 is 11.6 Å². The standard InChI is InChI=1S/C18H22ClN3O3/c1-12-5-6-13(19)11-14(12)20-15(23)7-10-22-16(24)18(21-17(22)25)8-3-2-4-9-18/h5-6,11H,2-4,7-10H2,1H3,(H,20,23)(H,21,25). The fourth-order valence-corrected chi connectivity index (χ4v) is 3.70. The minimum absolute atomic E-state index is 0.0567. The van der Waals surface area contributed by atoms with Gasteiger partial charge in [0.15, 0.2) is 0 Å². The summed E-state index contributed by atoms with van der Waals surface area (Å²) in [7, 11) is 0. The largest absolute Gasteiger partial charge is 0.326 e. The maximum absolute atomic E-state index is 12.7. The molecule has 6 nitrogen and oxygen atoms in total. The second-order valence-corrected chi connectivity index (χ2v) is 7.22. The van der Waals surface area contributed by atoms with Gasteiger partial charge < -0.3 is 10.6 Å². The summed E-state index contributed by atoms with van der Waals surface area (Å²) in [4.78, 5) is 38.2. The molecule has 2 aliphatic rings. The van der Waals surface area contributed by atoms with Crippen LogP contribution in [0.3, 0.4) is 0 Å². The van der Waals surface area contributed by atoms with Crippen LogP contribution in [0.5, 0.6) is 0 Å². The molecular weight excluding hydrogens is 342 g/mol. The molecule has 1 aliphatic carbocycles. The molecule has 0 aromatic heterocycles. The number of nitrogens with zero attached hydrogens (tertiary/aromatic N) is 1. The summed E-state index contributed by atoms with van der Waals surface area (Å²) >= 11 is 5.94. The number of aryl methyl sites for hydroxylation is 1. The van der Waals surface area contributed by atoms with E-state index in [2.05, 4.69) is 10.6 Å². The molecule has 0 atom stereocenters. The highest BCUT2D eigenvalue weighted by molar-refractivity contribution is 6.31. The van der Waals surface area contributed by atoms with E-state index in [0.717, 1.165) is 24.8 Å². The molecular formula is C18H22ClN3O3. The van der Waals surface area contributed by atoms with Crippen molar-refractivity contribution in [3.63, 3.8) is 0 Å². The summed E-state index contributed by atoms with van der Waals surface area (Å²) in [6.07, 6.45) is 4.39. The third-order valence-electron chi connectivity index (χ3n) is 4.99. The van der Waals surface area contributed by atoms with Crippen LogP contribution < -0.4 is 10.6 Å². The Hall–Kier alpha value is -2.08. The molecule has 1 saturated heterocycles. The number of rotatable bonds is 4. The third-order valence-corrected chi connectivity index (χ3v) is 5.22. The van der Waals surface area contributed by atoms with Crippen molar-refractivity contribution in [3.8, 4) is 0 Å². The van der Waals surface area contributed by atoms with Gasteiger partial charge in [0.1, 0.15) is 5.54 Å². The molecule has 4 amide bonds. The van der Waals surface area contributed by atoms with Crippen LogP contribution in [-0.4, -0.2) is 34.8 Å². The topological polar surface area (TPSA) is 78.5 Å². The molecule has 1 spiro atoms. The molecule has 0 radical (unpaired) electrons. The lowest BCUT2D eigenvalue weighted by Crippen LogP contribution is -2.48. The van der Waals surface area contributed by atoms with Gasteiger partial charge in [-0.05, 0) is 37.5 Å². The first kappa shape index (κ1) is 17.7. The van der Waals surface area contributed by atoms with Gasteiger partial charge in [-0.3, -0.25) is 14.5 Å². The first-order valence-corrected chi connectivity index (χ1v) is 8.99. The second kappa shape index (κ2) is 7.04. The highest BCUT2D eigenvalue weighted by atomic mass is 35.5. The smallest absolute Gasteiger partial charge is 0.325 e. The van der Waals surface area contributed by atoms with Gasteiger partial charge in [-0.2, -0.15) is 0 Å². The van der Waals surface area contributed by atoms with Gasteiger partial charge in [0.05, 0.1) is 0 Å². The van der Waals surface area contributed by atoms with Crippen molar-refractivity contribution in [1.29, 1.82) is 0 Å². The molecule has 1 aliphatic heterocycles. The monoisotopic (exact) mass is 363 g/mol. The van der Waals surface area contributed by atoms with Crippen LogP contribution in [0.4, 0.5) is 10.5 Å². The summed E-state index contributed by atoms with van der Waals surface area (Å²) in [5.74, 6) is -0.445.